The zero-order chi connectivity index (χ0) is 24.8. The number of hydrogen-bond donors (Lipinski definition) is 2. The molecule has 7 rings (SSSR count). The summed E-state index contributed by atoms with van der Waals surface area (Å²) in [4.78, 5) is 19.7. The van der Waals surface area contributed by atoms with Crippen LogP contribution in [-0.2, 0) is 12.8 Å². The number of fused-ring (bicyclic) bond motifs is 3. The summed E-state index contributed by atoms with van der Waals surface area (Å²) in [5.74, 6) is 0.491. The summed E-state index contributed by atoms with van der Waals surface area (Å²) >= 11 is 0. The molecule has 1 amide bonds. The molecule has 2 N–H and O–H groups in total. The maximum atomic E-state index is 12.3. The largest absolute Gasteiger partial charge is 0.491 e. The van der Waals surface area contributed by atoms with Crippen molar-refractivity contribution in [3.63, 3.8) is 0 Å². The number of rotatable bonds is 3. The van der Waals surface area contributed by atoms with Gasteiger partial charge in [0.25, 0.3) is 5.91 Å². The van der Waals surface area contributed by atoms with E-state index in [9.17, 15) is 4.79 Å². The highest BCUT2D eigenvalue weighted by atomic mass is 16.5. The van der Waals surface area contributed by atoms with Crippen molar-refractivity contribution >= 4 is 16.9 Å². The molecule has 4 heterocycles. The van der Waals surface area contributed by atoms with Gasteiger partial charge in [-0.25, -0.2) is 4.98 Å². The SMILES string of the molecule is O=C1NCCOc2cc(-c3[nH]nc4ncc(-c5ccc6c(c5)CC[C@@H](N5CCCC5)CC6)cc34)ccc21. The van der Waals surface area contributed by atoms with Gasteiger partial charge in [-0.2, -0.15) is 5.10 Å². The van der Waals surface area contributed by atoms with Crippen LogP contribution in [0.15, 0.2) is 48.7 Å². The fraction of sp³-hybridized carbons (Fsp3) is 0.367. The minimum atomic E-state index is -0.104. The lowest BCUT2D eigenvalue weighted by molar-refractivity contribution is 0.0957. The van der Waals surface area contributed by atoms with E-state index in [1.807, 2.05) is 24.4 Å². The topological polar surface area (TPSA) is 83.1 Å². The predicted molar refractivity (Wildman–Crippen MR) is 144 cm³/mol. The molecule has 0 spiro atoms. The number of aryl methyl sites for hydroxylation is 2. The molecule has 2 aromatic carbocycles. The molecule has 7 nitrogen and oxygen atoms in total. The molecule has 37 heavy (non-hydrogen) atoms. The number of nitrogens with zero attached hydrogens (tertiary/aromatic N) is 3. The predicted octanol–water partition coefficient (Wildman–Crippen LogP) is 4.76. The first-order chi connectivity index (χ1) is 18.2. The fourth-order valence-electron chi connectivity index (χ4n) is 6.23. The van der Waals surface area contributed by atoms with Gasteiger partial charge in [-0.1, -0.05) is 24.3 Å². The lowest BCUT2D eigenvalue weighted by Crippen LogP contribution is -2.32. The average molecular weight is 494 g/mol. The average Bonchev–Trinajstić information content (AvgIpc) is 3.52. The minimum Gasteiger partial charge on any atom is -0.491 e. The number of H-pyrrole nitrogens is 1. The summed E-state index contributed by atoms with van der Waals surface area (Å²) < 4.78 is 5.83. The van der Waals surface area contributed by atoms with Crippen LogP contribution in [0.2, 0.25) is 0 Å². The molecule has 1 saturated heterocycles. The van der Waals surface area contributed by atoms with E-state index in [4.69, 9.17) is 4.74 Å². The van der Waals surface area contributed by atoms with Crippen molar-refractivity contribution in [2.75, 3.05) is 26.2 Å². The number of pyridine rings is 1. The van der Waals surface area contributed by atoms with E-state index in [0.717, 1.165) is 34.7 Å². The Morgan fingerprint density at radius 1 is 0.919 bits per heavy atom. The molecule has 2 aliphatic heterocycles. The smallest absolute Gasteiger partial charge is 0.255 e. The number of nitrogens with one attached hydrogen (secondary N) is 2. The Hall–Kier alpha value is -3.71. The van der Waals surface area contributed by atoms with Gasteiger partial charge in [-0.15, -0.1) is 0 Å². The monoisotopic (exact) mass is 493 g/mol. The third-order valence-electron chi connectivity index (χ3n) is 8.26. The number of benzene rings is 2. The first-order valence-electron chi connectivity index (χ1n) is 13.5. The molecule has 0 bridgehead atoms. The maximum absolute atomic E-state index is 12.3. The van der Waals surface area contributed by atoms with Gasteiger partial charge in [0.05, 0.1) is 17.8 Å². The van der Waals surface area contributed by atoms with Gasteiger partial charge in [0, 0.05) is 28.8 Å². The molecular formula is C30H31N5O2. The second-order valence-corrected chi connectivity index (χ2v) is 10.5. The van der Waals surface area contributed by atoms with Gasteiger partial charge in [0.1, 0.15) is 12.4 Å². The van der Waals surface area contributed by atoms with Gasteiger partial charge in [-0.05, 0) is 86.5 Å². The highest BCUT2D eigenvalue weighted by molar-refractivity contribution is 5.99. The molecule has 188 valence electrons. The maximum Gasteiger partial charge on any atom is 0.255 e. The lowest BCUT2D eigenvalue weighted by atomic mass is 9.96. The number of ether oxygens (including phenoxy) is 1. The van der Waals surface area contributed by atoms with Crippen LogP contribution in [0.4, 0.5) is 0 Å². The number of amides is 1. The summed E-state index contributed by atoms with van der Waals surface area (Å²) in [6.45, 7) is 3.50. The van der Waals surface area contributed by atoms with Crippen molar-refractivity contribution in [3.8, 4) is 28.1 Å². The Balaban J connectivity index is 1.20. The molecular weight excluding hydrogens is 462 g/mol. The van der Waals surface area contributed by atoms with Gasteiger partial charge >= 0.3 is 0 Å². The molecule has 0 radical (unpaired) electrons. The molecule has 1 aliphatic carbocycles. The van der Waals surface area contributed by atoms with Crippen LogP contribution < -0.4 is 10.1 Å². The molecule has 0 saturated carbocycles. The summed E-state index contributed by atoms with van der Waals surface area (Å²) in [5, 5.41) is 11.4. The van der Waals surface area contributed by atoms with E-state index in [-0.39, 0.29) is 5.91 Å². The number of likely N-dealkylation sites (tertiary alicyclic amines) is 1. The zero-order valence-electron chi connectivity index (χ0n) is 20.9. The second kappa shape index (κ2) is 9.30. The number of carbonyl (C=O) groups is 1. The third-order valence-corrected chi connectivity index (χ3v) is 8.26. The first-order valence-corrected chi connectivity index (χ1v) is 13.5. The van der Waals surface area contributed by atoms with E-state index >= 15 is 0 Å². The molecule has 1 fully saturated rings. The van der Waals surface area contributed by atoms with Gasteiger partial charge in [-0.3, -0.25) is 9.89 Å². The molecule has 2 aromatic heterocycles. The second-order valence-electron chi connectivity index (χ2n) is 10.5. The minimum absolute atomic E-state index is 0.104. The fourth-order valence-corrected chi connectivity index (χ4v) is 6.23. The Morgan fingerprint density at radius 3 is 2.65 bits per heavy atom. The van der Waals surface area contributed by atoms with Crippen LogP contribution in [0.3, 0.4) is 0 Å². The van der Waals surface area contributed by atoms with E-state index in [2.05, 4.69) is 49.7 Å². The van der Waals surface area contributed by atoms with Gasteiger partial charge < -0.3 is 15.0 Å². The van der Waals surface area contributed by atoms with Crippen molar-refractivity contribution in [2.24, 2.45) is 0 Å². The van der Waals surface area contributed by atoms with Crippen molar-refractivity contribution in [3.05, 3.63) is 65.4 Å². The van der Waals surface area contributed by atoms with Crippen molar-refractivity contribution in [1.29, 1.82) is 0 Å². The number of hydrogen-bond acceptors (Lipinski definition) is 5. The van der Waals surface area contributed by atoms with Crippen LogP contribution in [-0.4, -0.2) is 58.3 Å². The Labute approximate surface area is 216 Å². The molecule has 0 unspecified atom stereocenters. The third kappa shape index (κ3) is 4.17. The highest BCUT2D eigenvalue weighted by Crippen LogP contribution is 2.34. The lowest BCUT2D eigenvalue weighted by Gasteiger charge is -2.25. The van der Waals surface area contributed by atoms with Crippen molar-refractivity contribution in [1.82, 2.24) is 25.4 Å². The van der Waals surface area contributed by atoms with E-state index in [0.29, 0.717) is 30.1 Å². The van der Waals surface area contributed by atoms with Crippen molar-refractivity contribution < 1.29 is 9.53 Å². The van der Waals surface area contributed by atoms with Crippen LogP contribution in [0.25, 0.3) is 33.4 Å². The van der Waals surface area contributed by atoms with Gasteiger partial charge in [0.2, 0.25) is 0 Å². The molecule has 3 aliphatic rings. The van der Waals surface area contributed by atoms with Gasteiger partial charge in [0.15, 0.2) is 5.65 Å². The highest BCUT2D eigenvalue weighted by Gasteiger charge is 2.25. The number of aromatic nitrogens is 3. The quantitative estimate of drug-likeness (QED) is 0.402. The zero-order valence-corrected chi connectivity index (χ0v) is 20.9. The van der Waals surface area contributed by atoms with E-state index < -0.39 is 0 Å². The summed E-state index contributed by atoms with van der Waals surface area (Å²) in [7, 11) is 0. The van der Waals surface area contributed by atoms with Crippen LogP contribution in [0, 0.1) is 0 Å². The Kier molecular flexibility index (Phi) is 5.65. The summed E-state index contributed by atoms with van der Waals surface area (Å²) in [6.07, 6.45) is 9.45. The van der Waals surface area contributed by atoms with Crippen LogP contribution >= 0.6 is 0 Å². The molecule has 7 heteroatoms. The van der Waals surface area contributed by atoms with E-state index in [1.165, 1.54) is 61.9 Å². The van der Waals surface area contributed by atoms with E-state index in [1.54, 1.807) is 0 Å². The Morgan fingerprint density at radius 2 is 1.76 bits per heavy atom. The first kappa shape index (κ1) is 22.5. The summed E-state index contributed by atoms with van der Waals surface area (Å²) in [6, 6.07) is 15.5. The number of carbonyl (C=O) groups excluding carboxylic acids is 1. The molecule has 4 aromatic rings. The Bertz CT molecular complexity index is 1490. The number of aromatic amines is 1. The van der Waals surface area contributed by atoms with Crippen LogP contribution in [0.1, 0.15) is 47.2 Å². The molecule has 1 atom stereocenters. The normalized spacial score (nSPS) is 20.0. The standard InChI is InChI=1S/C30H31N5O2/c36-30-25-10-7-22(17-27(25)37-14-11-31-30)28-26-16-23(18-32-29(26)34-33-28)21-4-3-19-5-8-24(9-6-20(19)15-21)35-12-1-2-13-35/h3-4,7,10,15-18,24H,1-2,5-6,8-9,11-14H2,(H,31,36)(H,32,33,34)/t24-/m0/s1. The summed E-state index contributed by atoms with van der Waals surface area (Å²) in [5.41, 5.74) is 8.29. The van der Waals surface area contributed by atoms with Crippen LogP contribution in [0.5, 0.6) is 5.75 Å². The van der Waals surface area contributed by atoms with Crippen molar-refractivity contribution in [2.45, 2.75) is 44.6 Å².